The van der Waals surface area contributed by atoms with Crippen LogP contribution < -0.4 is 5.32 Å². The molecule has 1 amide bonds. The monoisotopic (exact) mass is 399 g/mol. The molecule has 1 aromatic heterocycles. The van der Waals surface area contributed by atoms with Crippen LogP contribution in [0.5, 0.6) is 0 Å². The fourth-order valence-corrected chi connectivity index (χ4v) is 5.64. The molecule has 3 rings (SSSR count). The molecule has 1 N–H and O–H groups in total. The fraction of sp³-hybridized carbons (Fsp3) is 0.333. The van der Waals surface area contributed by atoms with Crippen molar-refractivity contribution in [3.8, 4) is 11.3 Å². The molecule has 2 heterocycles. The maximum atomic E-state index is 13.2. The summed E-state index contributed by atoms with van der Waals surface area (Å²) < 4.78 is 28.0. The highest BCUT2D eigenvalue weighted by Gasteiger charge is 2.39. The Balaban J connectivity index is 1.80. The van der Waals surface area contributed by atoms with Gasteiger partial charge in [-0.1, -0.05) is 36.9 Å². The Kier molecular flexibility index (Phi) is 5.96. The minimum absolute atomic E-state index is 0.0690. The Morgan fingerprint density at radius 3 is 2.32 bits per heavy atom. The summed E-state index contributed by atoms with van der Waals surface area (Å²) in [6.07, 6.45) is 3.76. The van der Waals surface area contributed by atoms with Crippen molar-refractivity contribution in [2.75, 3.05) is 0 Å². The number of amides is 1. The van der Waals surface area contributed by atoms with Crippen LogP contribution in [0.3, 0.4) is 0 Å². The van der Waals surface area contributed by atoms with Crippen LogP contribution in [-0.4, -0.2) is 41.7 Å². The first kappa shape index (κ1) is 20.2. The van der Waals surface area contributed by atoms with Crippen LogP contribution in [0.2, 0.25) is 0 Å². The highest BCUT2D eigenvalue weighted by Crippen LogP contribution is 2.30. The molecule has 2 atom stereocenters. The van der Waals surface area contributed by atoms with Crippen LogP contribution in [-0.2, 0) is 14.8 Å². The van der Waals surface area contributed by atoms with E-state index < -0.39 is 10.0 Å². The van der Waals surface area contributed by atoms with E-state index >= 15 is 0 Å². The zero-order valence-corrected chi connectivity index (χ0v) is 16.9. The molecule has 2 aromatic rings. The summed E-state index contributed by atoms with van der Waals surface area (Å²) in [5.41, 5.74) is 1.67. The molecular formula is C21H25N3O3S. The van der Waals surface area contributed by atoms with Crippen molar-refractivity contribution in [1.29, 1.82) is 0 Å². The Morgan fingerprint density at radius 2 is 1.79 bits per heavy atom. The van der Waals surface area contributed by atoms with Crippen molar-refractivity contribution in [2.45, 2.75) is 49.7 Å². The third-order valence-electron chi connectivity index (χ3n) is 5.03. The summed E-state index contributed by atoms with van der Waals surface area (Å²) in [5, 5.41) is 2.88. The number of pyridine rings is 1. The van der Waals surface area contributed by atoms with E-state index in [1.165, 1.54) is 16.6 Å². The molecule has 1 aliphatic heterocycles. The molecular weight excluding hydrogens is 374 g/mol. The lowest BCUT2D eigenvalue weighted by atomic mass is 9.95. The zero-order chi connectivity index (χ0) is 20.3. The van der Waals surface area contributed by atoms with Crippen LogP contribution in [0.4, 0.5) is 0 Å². The zero-order valence-electron chi connectivity index (χ0n) is 16.1. The predicted octanol–water partition coefficient (Wildman–Crippen LogP) is 2.98. The van der Waals surface area contributed by atoms with E-state index in [1.54, 1.807) is 12.1 Å². The Bertz CT molecular complexity index is 931. The SMILES string of the molecule is C=CC(=O)NC1CC(C)N(S(=O)(=O)c2ccc(-c3ccccc3)nc2)C(C)C1. The maximum Gasteiger partial charge on any atom is 0.245 e. The first-order valence-electron chi connectivity index (χ1n) is 9.31. The fourth-order valence-electron chi connectivity index (χ4n) is 3.85. The second kappa shape index (κ2) is 8.24. The van der Waals surface area contributed by atoms with Gasteiger partial charge >= 0.3 is 0 Å². The first-order valence-corrected chi connectivity index (χ1v) is 10.7. The highest BCUT2D eigenvalue weighted by molar-refractivity contribution is 7.89. The van der Waals surface area contributed by atoms with E-state index in [0.29, 0.717) is 12.8 Å². The van der Waals surface area contributed by atoms with Crippen molar-refractivity contribution in [3.63, 3.8) is 0 Å². The lowest BCUT2D eigenvalue weighted by Crippen LogP contribution is -2.54. The number of rotatable bonds is 5. The molecule has 1 aromatic carbocycles. The number of carbonyl (C=O) groups is 1. The molecule has 148 valence electrons. The van der Waals surface area contributed by atoms with Gasteiger partial charge < -0.3 is 5.32 Å². The van der Waals surface area contributed by atoms with E-state index in [-0.39, 0.29) is 28.9 Å². The van der Waals surface area contributed by atoms with Crippen molar-refractivity contribution in [2.24, 2.45) is 0 Å². The third kappa shape index (κ3) is 4.15. The van der Waals surface area contributed by atoms with E-state index in [9.17, 15) is 13.2 Å². The van der Waals surface area contributed by atoms with Gasteiger partial charge in [-0.2, -0.15) is 4.31 Å². The summed E-state index contributed by atoms with van der Waals surface area (Å²) in [7, 11) is -3.68. The summed E-state index contributed by atoms with van der Waals surface area (Å²) >= 11 is 0. The first-order chi connectivity index (χ1) is 13.3. The topological polar surface area (TPSA) is 79.4 Å². The second-order valence-corrected chi connectivity index (χ2v) is 9.00. The van der Waals surface area contributed by atoms with E-state index in [2.05, 4.69) is 16.9 Å². The van der Waals surface area contributed by atoms with Gasteiger partial charge in [-0.15, -0.1) is 0 Å². The number of nitrogens with one attached hydrogen (secondary N) is 1. The highest BCUT2D eigenvalue weighted by atomic mass is 32.2. The van der Waals surface area contributed by atoms with Gasteiger partial charge in [-0.25, -0.2) is 8.42 Å². The smallest absolute Gasteiger partial charge is 0.245 e. The Labute approximate surface area is 166 Å². The van der Waals surface area contributed by atoms with Crippen LogP contribution in [0.25, 0.3) is 11.3 Å². The van der Waals surface area contributed by atoms with Crippen molar-refractivity contribution >= 4 is 15.9 Å². The molecule has 7 heteroatoms. The largest absolute Gasteiger partial charge is 0.350 e. The summed E-state index contributed by atoms with van der Waals surface area (Å²) in [6, 6.07) is 12.4. The number of piperidine rings is 1. The molecule has 28 heavy (non-hydrogen) atoms. The molecule has 6 nitrogen and oxygen atoms in total. The molecule has 0 saturated carbocycles. The normalized spacial score (nSPS) is 23.1. The van der Waals surface area contributed by atoms with E-state index in [0.717, 1.165) is 11.3 Å². The van der Waals surface area contributed by atoms with Crippen LogP contribution in [0.1, 0.15) is 26.7 Å². The number of sulfonamides is 1. The molecule has 0 aliphatic carbocycles. The molecule has 1 aliphatic rings. The standard InChI is InChI=1S/C21H25N3O3S/c1-4-21(25)23-18-12-15(2)24(16(3)13-18)28(26,27)19-10-11-20(22-14-19)17-8-6-5-7-9-17/h4-11,14-16,18H,1,12-13H2,2-3H3,(H,23,25). The minimum Gasteiger partial charge on any atom is -0.350 e. The number of carbonyl (C=O) groups excluding carboxylic acids is 1. The number of benzene rings is 1. The summed E-state index contributed by atoms with van der Waals surface area (Å²) in [5.74, 6) is -0.235. The quantitative estimate of drug-likeness (QED) is 0.784. The van der Waals surface area contributed by atoms with Crippen LogP contribution in [0.15, 0.2) is 66.2 Å². The lowest BCUT2D eigenvalue weighted by molar-refractivity contribution is -0.117. The van der Waals surface area contributed by atoms with Gasteiger partial charge in [0, 0.05) is 29.9 Å². The van der Waals surface area contributed by atoms with E-state index in [4.69, 9.17) is 0 Å². The van der Waals surface area contributed by atoms with Crippen molar-refractivity contribution in [1.82, 2.24) is 14.6 Å². The number of nitrogens with zero attached hydrogens (tertiary/aromatic N) is 2. The average Bonchev–Trinajstić information content (AvgIpc) is 2.68. The molecule has 1 fully saturated rings. The summed E-state index contributed by atoms with van der Waals surface area (Å²) in [6.45, 7) is 7.20. The minimum atomic E-state index is -3.68. The molecule has 0 radical (unpaired) electrons. The van der Waals surface area contributed by atoms with E-state index in [1.807, 2.05) is 44.2 Å². The van der Waals surface area contributed by atoms with Gasteiger partial charge in [-0.05, 0) is 44.9 Å². The third-order valence-corrected chi connectivity index (χ3v) is 7.15. The number of hydrogen-bond acceptors (Lipinski definition) is 4. The average molecular weight is 400 g/mol. The van der Waals surface area contributed by atoms with Crippen molar-refractivity contribution in [3.05, 3.63) is 61.3 Å². The number of aromatic nitrogens is 1. The molecule has 1 saturated heterocycles. The van der Waals surface area contributed by atoms with Crippen molar-refractivity contribution < 1.29 is 13.2 Å². The van der Waals surface area contributed by atoms with Gasteiger partial charge in [0.05, 0.1) is 5.69 Å². The molecule has 2 unspecified atom stereocenters. The van der Waals surface area contributed by atoms with Crippen LogP contribution in [0, 0.1) is 0 Å². The maximum absolute atomic E-state index is 13.2. The molecule has 0 bridgehead atoms. The lowest BCUT2D eigenvalue weighted by Gasteiger charge is -2.41. The van der Waals surface area contributed by atoms with Gasteiger partial charge in [0.2, 0.25) is 15.9 Å². The van der Waals surface area contributed by atoms with Gasteiger partial charge in [0.15, 0.2) is 0 Å². The van der Waals surface area contributed by atoms with Gasteiger partial charge in [0.1, 0.15) is 4.90 Å². The summed E-state index contributed by atoms with van der Waals surface area (Å²) in [4.78, 5) is 16.1. The van der Waals surface area contributed by atoms with Crippen LogP contribution >= 0.6 is 0 Å². The van der Waals surface area contributed by atoms with Gasteiger partial charge in [0.25, 0.3) is 0 Å². The van der Waals surface area contributed by atoms with Gasteiger partial charge in [-0.3, -0.25) is 9.78 Å². The Morgan fingerprint density at radius 1 is 1.14 bits per heavy atom. The molecule has 0 spiro atoms. The predicted molar refractivity (Wildman–Crippen MR) is 109 cm³/mol. The number of hydrogen-bond donors (Lipinski definition) is 1. The Hall–Kier alpha value is -2.51. The second-order valence-electron chi connectivity index (χ2n) is 7.16.